The normalized spacial score (nSPS) is 11.8. The molecule has 1 aromatic rings. The molecule has 1 aromatic carbocycles. The van der Waals surface area contributed by atoms with E-state index in [1.807, 2.05) is 6.92 Å². The van der Waals surface area contributed by atoms with Gasteiger partial charge in [-0.1, -0.05) is 51.8 Å². The van der Waals surface area contributed by atoms with Crippen LogP contribution in [0.5, 0.6) is 0 Å². The van der Waals surface area contributed by atoms with Crippen LogP contribution in [0, 0.1) is 0 Å². The lowest BCUT2D eigenvalue weighted by Gasteiger charge is -2.14. The van der Waals surface area contributed by atoms with Crippen molar-refractivity contribution in [2.75, 3.05) is 0 Å². The molecule has 1 rings (SSSR count). The number of allylic oxidation sites excluding steroid dienone is 3. The van der Waals surface area contributed by atoms with E-state index in [0.29, 0.717) is 12.3 Å². The summed E-state index contributed by atoms with van der Waals surface area (Å²) in [6.45, 7) is 22.3. The number of hydrogen-bond acceptors (Lipinski definition) is 3. The first-order valence-corrected chi connectivity index (χ1v) is 8.53. The zero-order chi connectivity index (χ0) is 18.8. The number of aryl methyl sites for hydroxylation is 1. The predicted octanol–water partition coefficient (Wildman–Crippen LogP) is 5.46. The summed E-state index contributed by atoms with van der Waals surface area (Å²) in [5, 5.41) is 3.34. The van der Waals surface area contributed by atoms with Crippen LogP contribution in [0.25, 0.3) is 5.57 Å². The summed E-state index contributed by atoms with van der Waals surface area (Å²) in [4.78, 5) is 8.16. The van der Waals surface area contributed by atoms with Crippen molar-refractivity contribution in [3.63, 3.8) is 0 Å². The standard InChI is InChI=1S/C22H29N3/c1-8-16(4)20-11-12-21(19(9-2)13-20)15-24-18(6)22(10-3)25-17(5)14-23-7/h10-14,24H,3-4,6-9,15H2,1-2,5H3/b17-14+,25-22?. The smallest absolute Gasteiger partial charge is 0.0852 e. The summed E-state index contributed by atoms with van der Waals surface area (Å²) in [6.07, 6.45) is 5.23. The van der Waals surface area contributed by atoms with Crippen molar-refractivity contribution in [2.24, 2.45) is 9.98 Å². The number of nitrogens with zero attached hydrogens (tertiary/aromatic N) is 2. The van der Waals surface area contributed by atoms with Gasteiger partial charge in [0, 0.05) is 12.7 Å². The molecular formula is C22H29N3. The van der Waals surface area contributed by atoms with E-state index in [1.54, 1.807) is 12.3 Å². The third-order valence-electron chi connectivity index (χ3n) is 3.99. The van der Waals surface area contributed by atoms with Crippen LogP contribution >= 0.6 is 0 Å². The van der Waals surface area contributed by atoms with E-state index in [4.69, 9.17) is 0 Å². The van der Waals surface area contributed by atoms with Gasteiger partial charge in [-0.3, -0.25) is 9.98 Å². The van der Waals surface area contributed by atoms with E-state index < -0.39 is 0 Å². The molecular weight excluding hydrogens is 306 g/mol. The highest BCUT2D eigenvalue weighted by atomic mass is 14.9. The molecule has 0 fully saturated rings. The van der Waals surface area contributed by atoms with Crippen molar-refractivity contribution in [1.29, 1.82) is 0 Å². The molecule has 0 aliphatic rings. The summed E-state index contributed by atoms with van der Waals surface area (Å²) in [5.41, 5.74) is 7.13. The molecule has 0 radical (unpaired) electrons. The average molecular weight is 335 g/mol. The van der Waals surface area contributed by atoms with Crippen molar-refractivity contribution in [3.8, 4) is 0 Å². The molecule has 0 saturated heterocycles. The van der Waals surface area contributed by atoms with Crippen LogP contribution in [0.15, 0.2) is 71.6 Å². The molecule has 0 unspecified atom stereocenters. The number of benzene rings is 1. The minimum Gasteiger partial charge on any atom is -0.380 e. The maximum absolute atomic E-state index is 4.44. The molecule has 25 heavy (non-hydrogen) atoms. The van der Waals surface area contributed by atoms with Gasteiger partial charge in [-0.2, -0.15) is 0 Å². The Morgan fingerprint density at radius 1 is 1.20 bits per heavy atom. The SMILES string of the molecule is C=CC(=N/C(C)=C/N=C)C(=C)NCc1ccc(C(=C)CC)cc1CC. The van der Waals surface area contributed by atoms with E-state index in [9.17, 15) is 0 Å². The zero-order valence-electron chi connectivity index (χ0n) is 15.7. The number of rotatable bonds is 10. The van der Waals surface area contributed by atoms with Gasteiger partial charge in [0.05, 0.1) is 17.1 Å². The van der Waals surface area contributed by atoms with Gasteiger partial charge >= 0.3 is 0 Å². The molecule has 3 heteroatoms. The second kappa shape index (κ2) is 10.2. The molecule has 0 bridgehead atoms. The van der Waals surface area contributed by atoms with Gasteiger partial charge in [-0.15, -0.1) is 0 Å². The lowest BCUT2D eigenvalue weighted by Crippen LogP contribution is -2.19. The number of nitrogens with one attached hydrogen (secondary N) is 1. The predicted molar refractivity (Wildman–Crippen MR) is 112 cm³/mol. The molecule has 0 spiro atoms. The fourth-order valence-corrected chi connectivity index (χ4v) is 2.43. The van der Waals surface area contributed by atoms with Crippen molar-refractivity contribution in [2.45, 2.75) is 40.2 Å². The first-order valence-electron chi connectivity index (χ1n) is 8.53. The Morgan fingerprint density at radius 3 is 2.48 bits per heavy atom. The second-order valence-electron chi connectivity index (χ2n) is 5.78. The highest BCUT2D eigenvalue weighted by Gasteiger charge is 2.06. The summed E-state index contributed by atoms with van der Waals surface area (Å²) in [7, 11) is 0. The van der Waals surface area contributed by atoms with Crippen molar-refractivity contribution >= 4 is 18.0 Å². The lowest BCUT2D eigenvalue weighted by atomic mass is 9.97. The van der Waals surface area contributed by atoms with Crippen LogP contribution in [-0.2, 0) is 13.0 Å². The van der Waals surface area contributed by atoms with Crippen molar-refractivity contribution < 1.29 is 0 Å². The minimum absolute atomic E-state index is 0.691. The number of aliphatic imine (C=N–C) groups is 2. The molecule has 1 N–H and O–H groups in total. The van der Waals surface area contributed by atoms with Gasteiger partial charge in [0.1, 0.15) is 0 Å². The summed E-state index contributed by atoms with van der Waals surface area (Å²) >= 11 is 0. The molecule has 0 aromatic heterocycles. The van der Waals surface area contributed by atoms with Crippen molar-refractivity contribution in [3.05, 3.63) is 78.3 Å². The Bertz CT molecular complexity index is 721. The third-order valence-corrected chi connectivity index (χ3v) is 3.99. The molecule has 0 aliphatic heterocycles. The van der Waals surface area contributed by atoms with Gasteiger partial charge in [0.15, 0.2) is 0 Å². The molecule has 0 amide bonds. The fourth-order valence-electron chi connectivity index (χ4n) is 2.43. The van der Waals surface area contributed by atoms with E-state index in [1.165, 1.54) is 16.7 Å². The zero-order valence-corrected chi connectivity index (χ0v) is 15.7. The van der Waals surface area contributed by atoms with E-state index in [2.05, 4.69) is 73.8 Å². The topological polar surface area (TPSA) is 36.8 Å². The van der Waals surface area contributed by atoms with E-state index in [-0.39, 0.29) is 0 Å². The maximum atomic E-state index is 4.44. The van der Waals surface area contributed by atoms with Crippen LogP contribution in [0.2, 0.25) is 0 Å². The quantitative estimate of drug-likeness (QED) is 0.566. The summed E-state index contributed by atoms with van der Waals surface area (Å²) < 4.78 is 0. The monoisotopic (exact) mass is 335 g/mol. The van der Waals surface area contributed by atoms with Crippen LogP contribution in [0.1, 0.15) is 43.9 Å². The largest absolute Gasteiger partial charge is 0.380 e. The van der Waals surface area contributed by atoms with Gasteiger partial charge in [-0.05, 0) is 54.8 Å². The molecule has 0 atom stereocenters. The Labute approximate surface area is 152 Å². The lowest BCUT2D eigenvalue weighted by molar-refractivity contribution is 0.832. The molecule has 0 saturated carbocycles. The molecule has 132 valence electrons. The maximum Gasteiger partial charge on any atom is 0.0852 e. The highest BCUT2D eigenvalue weighted by Crippen LogP contribution is 2.20. The van der Waals surface area contributed by atoms with Crippen LogP contribution in [0.3, 0.4) is 0 Å². The van der Waals surface area contributed by atoms with Gasteiger partial charge in [0.2, 0.25) is 0 Å². The van der Waals surface area contributed by atoms with Gasteiger partial charge < -0.3 is 5.32 Å². The van der Waals surface area contributed by atoms with Crippen molar-refractivity contribution in [1.82, 2.24) is 5.32 Å². The molecule has 0 aliphatic carbocycles. The van der Waals surface area contributed by atoms with E-state index in [0.717, 1.165) is 29.8 Å². The second-order valence-corrected chi connectivity index (χ2v) is 5.78. The summed E-state index contributed by atoms with van der Waals surface area (Å²) in [6, 6.07) is 6.53. The molecule has 3 nitrogen and oxygen atoms in total. The summed E-state index contributed by atoms with van der Waals surface area (Å²) in [5.74, 6) is 0. The highest BCUT2D eigenvalue weighted by molar-refractivity contribution is 6.07. The first-order chi connectivity index (χ1) is 12.0. The van der Waals surface area contributed by atoms with Crippen LogP contribution < -0.4 is 5.32 Å². The van der Waals surface area contributed by atoms with Gasteiger partial charge in [-0.25, -0.2) is 0 Å². The fraction of sp³-hybridized carbons (Fsp3) is 0.273. The average Bonchev–Trinajstić information content (AvgIpc) is 2.63. The molecule has 0 heterocycles. The van der Waals surface area contributed by atoms with E-state index >= 15 is 0 Å². The van der Waals surface area contributed by atoms with Crippen LogP contribution in [-0.4, -0.2) is 12.4 Å². The third kappa shape index (κ3) is 6.03. The van der Waals surface area contributed by atoms with Gasteiger partial charge in [0.25, 0.3) is 0 Å². The number of hydrogen-bond donors (Lipinski definition) is 1. The first kappa shape index (κ1) is 20.4. The van der Waals surface area contributed by atoms with Crippen LogP contribution in [0.4, 0.5) is 0 Å². The Kier molecular flexibility index (Phi) is 8.34. The Morgan fingerprint density at radius 2 is 1.92 bits per heavy atom. The minimum atomic E-state index is 0.691. The Hall–Kier alpha value is -2.68. The Balaban J connectivity index is 2.91.